The molecule has 0 spiro atoms. The van der Waals surface area contributed by atoms with Crippen molar-refractivity contribution >= 4 is 35.1 Å². The Labute approximate surface area is 237 Å². The van der Waals surface area contributed by atoms with Crippen molar-refractivity contribution in [3.8, 4) is 23.0 Å². The number of rotatable bonds is 8. The summed E-state index contributed by atoms with van der Waals surface area (Å²) < 4.78 is 21.4. The molecule has 0 heterocycles. The van der Waals surface area contributed by atoms with Crippen LogP contribution in [0.25, 0.3) is 0 Å². The SMILES string of the molecule is COc1cccc(C(=O)Oc2ccc(C(C)(C)c3ccc(OC(=O)c4cccc(OC)c4)c(Cl)c3)cc2Cl)c1. The summed E-state index contributed by atoms with van der Waals surface area (Å²) in [6.07, 6.45) is 0. The molecule has 0 amide bonds. The van der Waals surface area contributed by atoms with Gasteiger partial charge in [-0.3, -0.25) is 0 Å². The van der Waals surface area contributed by atoms with Crippen LogP contribution in [-0.2, 0) is 5.41 Å². The number of ether oxygens (including phenoxy) is 4. The van der Waals surface area contributed by atoms with E-state index in [4.69, 9.17) is 42.1 Å². The number of hydrogen-bond donors (Lipinski definition) is 0. The number of carbonyl (C=O) groups excluding carboxylic acids is 2. The van der Waals surface area contributed by atoms with Gasteiger partial charge in [-0.2, -0.15) is 0 Å². The normalized spacial score (nSPS) is 11.0. The molecule has 0 bridgehead atoms. The van der Waals surface area contributed by atoms with Crippen molar-refractivity contribution in [2.75, 3.05) is 14.2 Å². The maximum atomic E-state index is 12.6. The molecule has 0 aliphatic rings. The average molecular weight is 565 g/mol. The molecule has 4 rings (SSSR count). The second-order valence-electron chi connectivity index (χ2n) is 9.16. The van der Waals surface area contributed by atoms with Crippen LogP contribution < -0.4 is 18.9 Å². The molecule has 0 saturated carbocycles. The summed E-state index contributed by atoms with van der Waals surface area (Å²) in [4.78, 5) is 25.2. The van der Waals surface area contributed by atoms with Gasteiger partial charge in [0.25, 0.3) is 0 Å². The molecule has 0 aliphatic carbocycles. The number of methoxy groups -OCH3 is 2. The van der Waals surface area contributed by atoms with Gasteiger partial charge in [-0.1, -0.05) is 61.3 Å². The van der Waals surface area contributed by atoms with E-state index in [9.17, 15) is 9.59 Å². The average Bonchev–Trinajstić information content (AvgIpc) is 2.94. The zero-order valence-electron chi connectivity index (χ0n) is 21.8. The van der Waals surface area contributed by atoms with E-state index in [1.54, 1.807) is 72.8 Å². The van der Waals surface area contributed by atoms with Crippen LogP contribution in [0.4, 0.5) is 0 Å². The summed E-state index contributed by atoms with van der Waals surface area (Å²) in [6.45, 7) is 4.02. The highest BCUT2D eigenvalue weighted by Gasteiger charge is 2.26. The van der Waals surface area contributed by atoms with Gasteiger partial charge in [-0.05, 0) is 71.8 Å². The second kappa shape index (κ2) is 11.8. The van der Waals surface area contributed by atoms with Crippen LogP contribution >= 0.6 is 23.2 Å². The monoisotopic (exact) mass is 564 g/mol. The number of esters is 2. The zero-order valence-corrected chi connectivity index (χ0v) is 23.3. The lowest BCUT2D eigenvalue weighted by Crippen LogP contribution is -2.19. The predicted octanol–water partition coefficient (Wildman–Crippen LogP) is 7.77. The molecule has 0 unspecified atom stereocenters. The lowest BCUT2D eigenvalue weighted by Gasteiger charge is -2.27. The van der Waals surface area contributed by atoms with Crippen LogP contribution in [0.2, 0.25) is 10.0 Å². The van der Waals surface area contributed by atoms with Gasteiger partial charge in [0, 0.05) is 5.41 Å². The smallest absolute Gasteiger partial charge is 0.343 e. The lowest BCUT2D eigenvalue weighted by atomic mass is 9.78. The van der Waals surface area contributed by atoms with Gasteiger partial charge >= 0.3 is 11.9 Å². The number of benzene rings is 4. The van der Waals surface area contributed by atoms with Crippen molar-refractivity contribution in [2.24, 2.45) is 0 Å². The van der Waals surface area contributed by atoms with E-state index in [0.29, 0.717) is 22.6 Å². The minimum atomic E-state index is -0.548. The molecule has 0 aromatic heterocycles. The molecule has 0 N–H and O–H groups in total. The molecule has 0 fully saturated rings. The molecule has 4 aromatic rings. The third-order valence-corrected chi connectivity index (χ3v) is 6.91. The van der Waals surface area contributed by atoms with Crippen molar-refractivity contribution in [1.82, 2.24) is 0 Å². The third-order valence-electron chi connectivity index (χ3n) is 6.32. The van der Waals surface area contributed by atoms with Crippen LogP contribution in [0.5, 0.6) is 23.0 Å². The maximum absolute atomic E-state index is 12.6. The fraction of sp³-hybridized carbons (Fsp3) is 0.161. The minimum Gasteiger partial charge on any atom is -0.497 e. The summed E-state index contributed by atoms with van der Waals surface area (Å²) in [7, 11) is 3.05. The first-order chi connectivity index (χ1) is 18.6. The van der Waals surface area contributed by atoms with Gasteiger partial charge < -0.3 is 18.9 Å². The highest BCUT2D eigenvalue weighted by Crippen LogP contribution is 2.39. The van der Waals surface area contributed by atoms with Crippen LogP contribution in [0, 0.1) is 0 Å². The van der Waals surface area contributed by atoms with E-state index >= 15 is 0 Å². The molecule has 39 heavy (non-hydrogen) atoms. The van der Waals surface area contributed by atoms with Crippen LogP contribution in [0.3, 0.4) is 0 Å². The van der Waals surface area contributed by atoms with E-state index in [0.717, 1.165) is 11.1 Å². The molecule has 0 radical (unpaired) electrons. The number of hydrogen-bond acceptors (Lipinski definition) is 6. The van der Waals surface area contributed by atoms with E-state index < -0.39 is 17.4 Å². The minimum absolute atomic E-state index is 0.238. The first-order valence-electron chi connectivity index (χ1n) is 11.9. The maximum Gasteiger partial charge on any atom is 0.343 e. The molecular weight excluding hydrogens is 539 g/mol. The zero-order chi connectivity index (χ0) is 28.2. The lowest BCUT2D eigenvalue weighted by molar-refractivity contribution is 0.0725. The summed E-state index contributed by atoms with van der Waals surface area (Å²) in [5.74, 6) is 0.478. The molecule has 6 nitrogen and oxygen atoms in total. The number of carbonyl (C=O) groups is 2. The van der Waals surface area contributed by atoms with Gasteiger partial charge in [0.05, 0.1) is 35.4 Å². The Morgan fingerprint density at radius 3 is 1.38 bits per heavy atom. The Hall–Kier alpha value is -4.00. The van der Waals surface area contributed by atoms with Crippen molar-refractivity contribution < 1.29 is 28.5 Å². The van der Waals surface area contributed by atoms with Gasteiger partial charge in [0.2, 0.25) is 0 Å². The van der Waals surface area contributed by atoms with Crippen molar-refractivity contribution in [1.29, 1.82) is 0 Å². The van der Waals surface area contributed by atoms with Crippen molar-refractivity contribution in [2.45, 2.75) is 19.3 Å². The Kier molecular flexibility index (Phi) is 8.48. The molecule has 4 aromatic carbocycles. The van der Waals surface area contributed by atoms with Crippen molar-refractivity contribution in [3.63, 3.8) is 0 Å². The first kappa shape index (κ1) is 28.0. The highest BCUT2D eigenvalue weighted by molar-refractivity contribution is 6.32. The summed E-state index contributed by atoms with van der Waals surface area (Å²) in [5.41, 5.74) is 1.89. The van der Waals surface area contributed by atoms with Crippen LogP contribution in [0.1, 0.15) is 45.7 Å². The highest BCUT2D eigenvalue weighted by atomic mass is 35.5. The molecule has 0 aliphatic heterocycles. The van der Waals surface area contributed by atoms with Gasteiger partial charge in [0.15, 0.2) is 0 Å². The molecule has 8 heteroatoms. The summed E-state index contributed by atoms with van der Waals surface area (Å²) >= 11 is 13.0. The predicted molar refractivity (Wildman–Crippen MR) is 151 cm³/mol. The fourth-order valence-electron chi connectivity index (χ4n) is 3.93. The Balaban J connectivity index is 1.51. The van der Waals surface area contributed by atoms with E-state index in [-0.39, 0.29) is 21.5 Å². The topological polar surface area (TPSA) is 71.1 Å². The third kappa shape index (κ3) is 6.36. The van der Waals surface area contributed by atoms with Crippen LogP contribution in [0.15, 0.2) is 84.9 Å². The van der Waals surface area contributed by atoms with Gasteiger partial charge in [-0.25, -0.2) is 9.59 Å². The van der Waals surface area contributed by atoms with Crippen molar-refractivity contribution in [3.05, 3.63) is 117 Å². The van der Waals surface area contributed by atoms with Crippen LogP contribution in [-0.4, -0.2) is 26.2 Å². The molecule has 200 valence electrons. The van der Waals surface area contributed by atoms with Gasteiger partial charge in [0.1, 0.15) is 23.0 Å². The summed E-state index contributed by atoms with van der Waals surface area (Å²) in [6, 6.07) is 23.8. The molecule has 0 atom stereocenters. The largest absolute Gasteiger partial charge is 0.497 e. The Morgan fingerprint density at radius 1 is 0.615 bits per heavy atom. The van der Waals surface area contributed by atoms with Gasteiger partial charge in [-0.15, -0.1) is 0 Å². The standard InChI is InChI=1S/C31H26Cl2O6/c1-31(2,21-11-13-27(25(32)17-21)38-29(34)19-7-5-9-23(15-19)36-3)22-12-14-28(26(33)18-22)39-30(35)20-8-6-10-24(16-20)37-4/h5-18H,1-4H3. The van der Waals surface area contributed by atoms with E-state index in [2.05, 4.69) is 0 Å². The Bertz CT molecular complexity index is 1420. The molecular formula is C31H26Cl2O6. The fourth-order valence-corrected chi connectivity index (χ4v) is 4.37. The summed E-state index contributed by atoms with van der Waals surface area (Å²) in [5, 5.41) is 0.568. The first-order valence-corrected chi connectivity index (χ1v) is 12.7. The second-order valence-corrected chi connectivity index (χ2v) is 9.97. The quantitative estimate of drug-likeness (QED) is 0.161. The van der Waals surface area contributed by atoms with E-state index in [1.165, 1.54) is 14.2 Å². The molecule has 0 saturated heterocycles. The number of halogens is 2. The Morgan fingerprint density at radius 2 is 1.03 bits per heavy atom. The van der Waals surface area contributed by atoms with E-state index in [1.807, 2.05) is 26.0 Å².